The van der Waals surface area contributed by atoms with Gasteiger partial charge in [0.15, 0.2) is 5.78 Å². The number of hydrogen-bond acceptors (Lipinski definition) is 3. The van der Waals surface area contributed by atoms with Crippen molar-refractivity contribution in [1.82, 2.24) is 0 Å². The first-order valence-electron chi connectivity index (χ1n) is 6.71. The van der Waals surface area contributed by atoms with Crippen LogP contribution in [0.2, 0.25) is 0 Å². The van der Waals surface area contributed by atoms with Crippen LogP contribution in [0.1, 0.15) is 22.3 Å². The molecule has 0 aliphatic rings. The summed E-state index contributed by atoms with van der Waals surface area (Å²) < 4.78 is 5.65. The lowest BCUT2D eigenvalue weighted by molar-refractivity contribution is 0.0962. The summed E-state index contributed by atoms with van der Waals surface area (Å²) in [7, 11) is 0. The molecule has 2 aromatic carbocycles. The maximum atomic E-state index is 11.9. The van der Waals surface area contributed by atoms with E-state index in [1.165, 1.54) is 0 Å². The minimum absolute atomic E-state index is 0.0743. The number of ketones is 1. The molecule has 0 aromatic heterocycles. The van der Waals surface area contributed by atoms with Crippen molar-refractivity contribution in [2.75, 3.05) is 13.2 Å². The Labute approximate surface area is 118 Å². The Balaban J connectivity index is 1.89. The lowest BCUT2D eigenvalue weighted by Crippen LogP contribution is -2.08. The van der Waals surface area contributed by atoms with E-state index < -0.39 is 0 Å². The van der Waals surface area contributed by atoms with Gasteiger partial charge < -0.3 is 9.84 Å². The topological polar surface area (TPSA) is 46.5 Å². The lowest BCUT2D eigenvalue weighted by Gasteiger charge is -2.10. The first kappa shape index (κ1) is 14.3. The van der Waals surface area contributed by atoms with Gasteiger partial charge in [0.25, 0.3) is 0 Å². The van der Waals surface area contributed by atoms with Crippen LogP contribution in [0, 0.1) is 0 Å². The van der Waals surface area contributed by atoms with Crippen molar-refractivity contribution in [2.45, 2.75) is 12.8 Å². The quantitative estimate of drug-likeness (QED) is 0.787. The van der Waals surface area contributed by atoms with Gasteiger partial charge >= 0.3 is 0 Å². The van der Waals surface area contributed by atoms with E-state index in [4.69, 9.17) is 9.84 Å². The molecule has 0 saturated heterocycles. The molecule has 0 aliphatic carbocycles. The fourth-order valence-corrected chi connectivity index (χ4v) is 1.99. The summed E-state index contributed by atoms with van der Waals surface area (Å²) in [5.41, 5.74) is 1.67. The highest BCUT2D eigenvalue weighted by Gasteiger charge is 2.07. The molecule has 0 spiro atoms. The molecule has 104 valence electrons. The van der Waals surface area contributed by atoms with Crippen LogP contribution in [0.4, 0.5) is 0 Å². The molecule has 20 heavy (non-hydrogen) atoms. The normalized spacial score (nSPS) is 10.2. The maximum absolute atomic E-state index is 11.9. The van der Waals surface area contributed by atoms with E-state index in [0.717, 1.165) is 11.3 Å². The molecule has 0 unspecified atom stereocenters. The van der Waals surface area contributed by atoms with Gasteiger partial charge in [0.1, 0.15) is 5.75 Å². The van der Waals surface area contributed by atoms with E-state index in [1.807, 2.05) is 54.6 Å². The summed E-state index contributed by atoms with van der Waals surface area (Å²) >= 11 is 0. The number of aliphatic hydroxyl groups is 1. The van der Waals surface area contributed by atoms with Crippen molar-refractivity contribution < 1.29 is 14.6 Å². The van der Waals surface area contributed by atoms with Crippen molar-refractivity contribution in [1.29, 1.82) is 0 Å². The zero-order valence-electron chi connectivity index (χ0n) is 11.3. The average molecular weight is 270 g/mol. The molecule has 0 aliphatic heterocycles. The molecule has 0 radical (unpaired) electrons. The van der Waals surface area contributed by atoms with Gasteiger partial charge in [-0.05, 0) is 18.1 Å². The number of rotatable bonds is 7. The molecule has 0 saturated carbocycles. The minimum Gasteiger partial charge on any atom is -0.493 e. The number of benzene rings is 2. The van der Waals surface area contributed by atoms with Crippen molar-refractivity contribution in [3.8, 4) is 5.75 Å². The summed E-state index contributed by atoms with van der Waals surface area (Å²) in [6.07, 6.45) is 0.903. The van der Waals surface area contributed by atoms with E-state index in [-0.39, 0.29) is 12.4 Å². The molecule has 0 atom stereocenters. The molecule has 0 amide bonds. The monoisotopic (exact) mass is 270 g/mol. The minimum atomic E-state index is 0.0743. The summed E-state index contributed by atoms with van der Waals surface area (Å²) in [5, 5.41) is 9.00. The molecular formula is C17H18O3. The molecule has 0 bridgehead atoms. The van der Waals surface area contributed by atoms with Crippen LogP contribution >= 0.6 is 0 Å². The Kier molecular flexibility index (Phi) is 5.33. The summed E-state index contributed by atoms with van der Waals surface area (Å²) in [4.78, 5) is 11.9. The van der Waals surface area contributed by atoms with Gasteiger partial charge in [-0.1, -0.05) is 48.5 Å². The largest absolute Gasteiger partial charge is 0.493 e. The summed E-state index contributed by atoms with van der Waals surface area (Å²) in [6.45, 7) is 0.430. The maximum Gasteiger partial charge on any atom is 0.166 e. The highest BCUT2D eigenvalue weighted by atomic mass is 16.5. The fourth-order valence-electron chi connectivity index (χ4n) is 1.99. The van der Waals surface area contributed by atoms with Crippen molar-refractivity contribution in [3.05, 3.63) is 65.7 Å². The Morgan fingerprint density at radius 2 is 1.70 bits per heavy atom. The van der Waals surface area contributed by atoms with E-state index >= 15 is 0 Å². The van der Waals surface area contributed by atoms with E-state index in [0.29, 0.717) is 25.0 Å². The first-order valence-corrected chi connectivity index (χ1v) is 6.71. The molecule has 3 heteroatoms. The number of para-hydroxylation sites is 1. The van der Waals surface area contributed by atoms with Gasteiger partial charge in [-0.25, -0.2) is 0 Å². The highest BCUT2D eigenvalue weighted by molar-refractivity contribution is 5.96. The Morgan fingerprint density at radius 3 is 2.45 bits per heavy atom. The van der Waals surface area contributed by atoms with Crippen LogP contribution in [0.3, 0.4) is 0 Å². The fraction of sp³-hybridized carbons (Fsp3) is 0.235. The Morgan fingerprint density at radius 1 is 1.00 bits per heavy atom. The summed E-state index contributed by atoms with van der Waals surface area (Å²) in [5.74, 6) is 0.813. The summed E-state index contributed by atoms with van der Waals surface area (Å²) in [6, 6.07) is 16.8. The molecule has 2 aromatic rings. The molecule has 0 heterocycles. The van der Waals surface area contributed by atoms with Gasteiger partial charge in [-0.2, -0.15) is 0 Å². The molecule has 3 nitrogen and oxygen atoms in total. The van der Waals surface area contributed by atoms with E-state index in [2.05, 4.69) is 0 Å². The van der Waals surface area contributed by atoms with Crippen molar-refractivity contribution in [3.63, 3.8) is 0 Å². The predicted octanol–water partition coefficient (Wildman–Crippen LogP) is 2.87. The van der Waals surface area contributed by atoms with Crippen molar-refractivity contribution >= 4 is 5.78 Å². The zero-order chi connectivity index (χ0) is 14.2. The van der Waals surface area contributed by atoms with E-state index in [9.17, 15) is 4.79 Å². The molecule has 1 N–H and O–H groups in total. The van der Waals surface area contributed by atoms with E-state index in [1.54, 1.807) is 0 Å². The van der Waals surface area contributed by atoms with Gasteiger partial charge in [-0.15, -0.1) is 0 Å². The van der Waals surface area contributed by atoms with Crippen LogP contribution in [-0.2, 0) is 6.42 Å². The lowest BCUT2D eigenvalue weighted by atomic mass is 10.1. The van der Waals surface area contributed by atoms with Crippen LogP contribution in [-0.4, -0.2) is 24.1 Å². The van der Waals surface area contributed by atoms with Gasteiger partial charge in [0.05, 0.1) is 6.61 Å². The second-order valence-corrected chi connectivity index (χ2v) is 4.47. The third-order valence-electron chi connectivity index (χ3n) is 3.04. The number of carbonyl (C=O) groups excluding carboxylic acids is 1. The zero-order valence-corrected chi connectivity index (χ0v) is 11.3. The Hall–Kier alpha value is -2.13. The van der Waals surface area contributed by atoms with Crippen molar-refractivity contribution in [2.24, 2.45) is 0 Å². The Bertz CT molecular complexity index is 549. The number of carbonyl (C=O) groups is 1. The van der Waals surface area contributed by atoms with Gasteiger partial charge in [0, 0.05) is 18.6 Å². The van der Waals surface area contributed by atoms with Crippen LogP contribution in [0.25, 0.3) is 0 Å². The molecule has 2 rings (SSSR count). The third-order valence-corrected chi connectivity index (χ3v) is 3.04. The van der Waals surface area contributed by atoms with Crippen LogP contribution in [0.15, 0.2) is 54.6 Å². The van der Waals surface area contributed by atoms with Crippen LogP contribution < -0.4 is 4.74 Å². The van der Waals surface area contributed by atoms with Gasteiger partial charge in [0.2, 0.25) is 0 Å². The second-order valence-electron chi connectivity index (χ2n) is 4.47. The third kappa shape index (κ3) is 3.93. The second kappa shape index (κ2) is 7.46. The highest BCUT2D eigenvalue weighted by Crippen LogP contribution is 2.18. The number of Topliss-reactive ketones (excluding diaryl/α,β-unsaturated/α-hetero) is 1. The predicted molar refractivity (Wildman–Crippen MR) is 78.1 cm³/mol. The standard InChI is InChI=1S/C17H18O3/c18-12-10-15-8-4-5-9-17(15)20-13-11-16(19)14-6-2-1-3-7-14/h1-9,18H,10-13H2. The average Bonchev–Trinajstić information content (AvgIpc) is 2.50. The molecule has 0 fully saturated rings. The molecular weight excluding hydrogens is 252 g/mol. The van der Waals surface area contributed by atoms with Crippen LogP contribution in [0.5, 0.6) is 5.75 Å². The first-order chi connectivity index (χ1) is 9.81. The number of ether oxygens (including phenoxy) is 1. The number of hydrogen-bond donors (Lipinski definition) is 1. The SMILES string of the molecule is O=C(CCOc1ccccc1CCO)c1ccccc1. The number of aliphatic hydroxyl groups excluding tert-OH is 1. The van der Waals surface area contributed by atoms with Gasteiger partial charge in [-0.3, -0.25) is 4.79 Å². The smallest absolute Gasteiger partial charge is 0.166 e.